The number of benzene rings is 1. The van der Waals surface area contributed by atoms with Crippen LogP contribution in [0, 0.1) is 5.92 Å². The van der Waals surface area contributed by atoms with Gasteiger partial charge in [0.2, 0.25) is 15.9 Å². The highest BCUT2D eigenvalue weighted by atomic mass is 32.2. The van der Waals surface area contributed by atoms with Crippen LogP contribution >= 0.6 is 0 Å². The lowest BCUT2D eigenvalue weighted by Crippen LogP contribution is -2.41. The zero-order valence-electron chi connectivity index (χ0n) is 16.6. The van der Waals surface area contributed by atoms with Gasteiger partial charge in [-0.3, -0.25) is 14.4 Å². The number of nitrogens with one attached hydrogen (secondary N) is 2. The van der Waals surface area contributed by atoms with Gasteiger partial charge in [0.1, 0.15) is 0 Å². The minimum atomic E-state index is -3.80. The number of amides is 2. The smallest absolute Gasteiger partial charge is 0.307 e. The quantitative estimate of drug-likeness (QED) is 0.602. The van der Waals surface area contributed by atoms with E-state index in [-0.39, 0.29) is 36.3 Å². The third-order valence-electron chi connectivity index (χ3n) is 4.47. The lowest BCUT2D eigenvalue weighted by Gasteiger charge is -2.30. The summed E-state index contributed by atoms with van der Waals surface area (Å²) in [4.78, 5) is 36.6. The Morgan fingerprint density at radius 2 is 1.90 bits per heavy atom. The first-order valence-electron chi connectivity index (χ1n) is 9.48. The van der Waals surface area contributed by atoms with Crippen LogP contribution in [0.1, 0.15) is 33.1 Å². The molecule has 0 spiro atoms. The number of anilines is 1. The average molecular weight is 426 g/mol. The predicted octanol–water partition coefficient (Wildman–Crippen LogP) is 1.12. The van der Waals surface area contributed by atoms with Crippen molar-refractivity contribution in [1.82, 2.24) is 9.62 Å². The van der Waals surface area contributed by atoms with Gasteiger partial charge < -0.3 is 15.0 Å². The SMILES string of the molecule is CC(=O)Nc1ccc(S(=O)(=O)NCCC(=O)OCC(=O)N2CCC[C@H](C)C2)cc1. The summed E-state index contributed by atoms with van der Waals surface area (Å²) in [5.74, 6) is -0.701. The van der Waals surface area contributed by atoms with Gasteiger partial charge in [-0.1, -0.05) is 6.92 Å². The first kappa shape index (κ1) is 22.8. The second kappa shape index (κ2) is 10.4. The molecule has 0 aliphatic carbocycles. The van der Waals surface area contributed by atoms with Gasteiger partial charge in [-0.05, 0) is 43.0 Å². The molecule has 0 bridgehead atoms. The fraction of sp³-hybridized carbons (Fsp3) is 0.526. The number of sulfonamides is 1. The zero-order valence-corrected chi connectivity index (χ0v) is 17.5. The van der Waals surface area contributed by atoms with Crippen LogP contribution in [-0.4, -0.2) is 57.3 Å². The van der Waals surface area contributed by atoms with Gasteiger partial charge in [0, 0.05) is 32.2 Å². The van der Waals surface area contributed by atoms with Crippen LogP contribution in [0.2, 0.25) is 0 Å². The van der Waals surface area contributed by atoms with E-state index in [1.54, 1.807) is 4.90 Å². The number of esters is 1. The molecule has 1 aliphatic heterocycles. The molecule has 0 unspecified atom stereocenters. The summed E-state index contributed by atoms with van der Waals surface area (Å²) in [5.41, 5.74) is 0.479. The first-order valence-corrected chi connectivity index (χ1v) is 11.0. The number of carbonyl (C=O) groups excluding carboxylic acids is 3. The molecule has 1 saturated heterocycles. The van der Waals surface area contributed by atoms with Gasteiger partial charge >= 0.3 is 5.97 Å². The average Bonchev–Trinajstić information content (AvgIpc) is 2.66. The Labute approximate surface area is 170 Å². The number of hydrogen-bond donors (Lipinski definition) is 2. The number of ether oxygens (including phenoxy) is 1. The van der Waals surface area contributed by atoms with Crippen LogP contribution in [0.5, 0.6) is 0 Å². The maximum Gasteiger partial charge on any atom is 0.307 e. The van der Waals surface area contributed by atoms with Crippen molar-refractivity contribution in [3.05, 3.63) is 24.3 Å². The largest absolute Gasteiger partial charge is 0.456 e. The number of nitrogens with zero attached hydrogens (tertiary/aromatic N) is 1. The van der Waals surface area contributed by atoms with Gasteiger partial charge in [-0.2, -0.15) is 0 Å². The predicted molar refractivity (Wildman–Crippen MR) is 106 cm³/mol. The van der Waals surface area contributed by atoms with E-state index in [9.17, 15) is 22.8 Å². The molecule has 2 rings (SSSR count). The van der Waals surface area contributed by atoms with Crippen LogP contribution in [0.4, 0.5) is 5.69 Å². The maximum atomic E-state index is 12.2. The van der Waals surface area contributed by atoms with Crippen molar-refractivity contribution in [2.24, 2.45) is 5.92 Å². The minimum Gasteiger partial charge on any atom is -0.456 e. The first-order chi connectivity index (χ1) is 13.7. The molecule has 1 atom stereocenters. The van der Waals surface area contributed by atoms with E-state index in [1.165, 1.54) is 31.2 Å². The van der Waals surface area contributed by atoms with E-state index in [0.717, 1.165) is 12.8 Å². The van der Waals surface area contributed by atoms with Crippen LogP contribution < -0.4 is 10.0 Å². The highest BCUT2D eigenvalue weighted by Crippen LogP contribution is 2.16. The van der Waals surface area contributed by atoms with Crippen molar-refractivity contribution in [3.8, 4) is 0 Å². The molecular weight excluding hydrogens is 398 g/mol. The molecule has 160 valence electrons. The van der Waals surface area contributed by atoms with Gasteiger partial charge in [-0.15, -0.1) is 0 Å². The second-order valence-corrected chi connectivity index (χ2v) is 8.87. The Bertz CT molecular complexity index is 838. The molecule has 10 heteroatoms. The fourth-order valence-electron chi connectivity index (χ4n) is 3.01. The molecule has 0 aromatic heterocycles. The molecule has 1 heterocycles. The van der Waals surface area contributed by atoms with Gasteiger partial charge in [-0.25, -0.2) is 13.1 Å². The monoisotopic (exact) mass is 425 g/mol. The summed E-state index contributed by atoms with van der Waals surface area (Å²) in [6.07, 6.45) is 1.83. The van der Waals surface area contributed by atoms with Crippen molar-refractivity contribution in [2.75, 3.05) is 31.6 Å². The molecule has 0 saturated carbocycles. The summed E-state index contributed by atoms with van der Waals surface area (Å²) in [7, 11) is -3.80. The standard InChI is InChI=1S/C19H27N3O6S/c1-14-4-3-11-22(12-14)18(24)13-28-19(25)9-10-20-29(26,27)17-7-5-16(6-8-17)21-15(2)23/h5-8,14,20H,3-4,9-13H2,1-2H3,(H,21,23)/t14-/m0/s1. The normalized spacial score (nSPS) is 16.9. The zero-order chi connectivity index (χ0) is 21.4. The van der Waals surface area contributed by atoms with Crippen LogP contribution in [-0.2, 0) is 29.1 Å². The topological polar surface area (TPSA) is 122 Å². The molecule has 1 aliphatic rings. The third kappa shape index (κ3) is 7.47. The molecule has 1 fully saturated rings. The molecule has 1 aromatic rings. The number of likely N-dealkylation sites (tertiary alicyclic amines) is 1. The number of piperidine rings is 1. The Morgan fingerprint density at radius 1 is 1.21 bits per heavy atom. The summed E-state index contributed by atoms with van der Waals surface area (Å²) in [6, 6.07) is 5.64. The van der Waals surface area contributed by atoms with Crippen molar-refractivity contribution >= 4 is 33.5 Å². The Hall–Kier alpha value is -2.46. The molecule has 0 radical (unpaired) electrons. The lowest BCUT2D eigenvalue weighted by atomic mass is 10.0. The molecular formula is C19H27N3O6S. The molecule has 2 amide bonds. The fourth-order valence-corrected chi connectivity index (χ4v) is 4.04. The van der Waals surface area contributed by atoms with E-state index in [2.05, 4.69) is 17.0 Å². The van der Waals surface area contributed by atoms with Crippen LogP contribution in [0.25, 0.3) is 0 Å². The van der Waals surface area contributed by atoms with E-state index in [0.29, 0.717) is 24.7 Å². The summed E-state index contributed by atoms with van der Waals surface area (Å²) < 4.78 is 31.8. The van der Waals surface area contributed by atoms with Gasteiger partial charge in [0.05, 0.1) is 11.3 Å². The van der Waals surface area contributed by atoms with Gasteiger partial charge in [0.25, 0.3) is 5.91 Å². The Kier molecular flexibility index (Phi) is 8.15. The van der Waals surface area contributed by atoms with E-state index >= 15 is 0 Å². The highest BCUT2D eigenvalue weighted by Gasteiger charge is 2.22. The molecule has 1 aromatic carbocycles. The minimum absolute atomic E-state index is 0.00867. The number of rotatable bonds is 8. The molecule has 2 N–H and O–H groups in total. The van der Waals surface area contributed by atoms with E-state index in [4.69, 9.17) is 4.74 Å². The summed E-state index contributed by atoms with van der Waals surface area (Å²) in [6.45, 7) is 4.28. The third-order valence-corrected chi connectivity index (χ3v) is 5.95. The number of hydrogen-bond acceptors (Lipinski definition) is 6. The van der Waals surface area contributed by atoms with Crippen molar-refractivity contribution in [1.29, 1.82) is 0 Å². The van der Waals surface area contributed by atoms with E-state index in [1.807, 2.05) is 0 Å². The van der Waals surface area contributed by atoms with Crippen LogP contribution in [0.15, 0.2) is 29.2 Å². The summed E-state index contributed by atoms with van der Waals surface area (Å²) in [5, 5.41) is 2.54. The van der Waals surface area contributed by atoms with Gasteiger partial charge in [0.15, 0.2) is 6.61 Å². The molecule has 29 heavy (non-hydrogen) atoms. The van der Waals surface area contributed by atoms with Crippen molar-refractivity contribution in [2.45, 2.75) is 38.0 Å². The van der Waals surface area contributed by atoms with Crippen molar-refractivity contribution in [3.63, 3.8) is 0 Å². The molecule has 9 nitrogen and oxygen atoms in total. The van der Waals surface area contributed by atoms with Crippen molar-refractivity contribution < 1.29 is 27.5 Å². The lowest BCUT2D eigenvalue weighted by molar-refractivity contribution is -0.152. The highest BCUT2D eigenvalue weighted by molar-refractivity contribution is 7.89. The Balaban J connectivity index is 1.74. The second-order valence-electron chi connectivity index (χ2n) is 7.10. The summed E-state index contributed by atoms with van der Waals surface area (Å²) >= 11 is 0. The van der Waals surface area contributed by atoms with Crippen LogP contribution in [0.3, 0.4) is 0 Å². The maximum absolute atomic E-state index is 12.2. The van der Waals surface area contributed by atoms with E-state index < -0.39 is 16.0 Å². The Morgan fingerprint density at radius 3 is 2.52 bits per heavy atom. The number of carbonyl (C=O) groups is 3.